The van der Waals surface area contributed by atoms with Crippen molar-refractivity contribution in [1.29, 1.82) is 5.26 Å². The van der Waals surface area contributed by atoms with Gasteiger partial charge in [0.15, 0.2) is 11.6 Å². The Morgan fingerprint density at radius 1 is 1.29 bits per heavy atom. The van der Waals surface area contributed by atoms with Crippen molar-refractivity contribution in [3.8, 4) is 22.9 Å². The molecule has 1 aromatic carbocycles. The van der Waals surface area contributed by atoms with Crippen LogP contribution in [0.2, 0.25) is 0 Å². The lowest BCUT2D eigenvalue weighted by Crippen LogP contribution is -2.40. The van der Waals surface area contributed by atoms with Gasteiger partial charge in [-0.15, -0.1) is 0 Å². The zero-order valence-electron chi connectivity index (χ0n) is 19.7. The van der Waals surface area contributed by atoms with Crippen molar-refractivity contribution in [3.63, 3.8) is 0 Å². The summed E-state index contributed by atoms with van der Waals surface area (Å²) in [7, 11) is 1.72. The van der Waals surface area contributed by atoms with Crippen molar-refractivity contribution in [2.45, 2.75) is 45.8 Å². The number of amides is 1. The number of nitrogens with zero attached hydrogens (tertiary/aromatic N) is 6. The minimum atomic E-state index is -0.932. The molecule has 0 unspecified atom stereocenters. The number of fused-ring (bicyclic) bond motifs is 7. The van der Waals surface area contributed by atoms with Crippen LogP contribution in [0.5, 0.6) is 5.75 Å². The Hall–Kier alpha value is -4.19. The summed E-state index contributed by atoms with van der Waals surface area (Å²) in [6.07, 6.45) is 1.44. The quantitative estimate of drug-likeness (QED) is 0.554. The standard InChI is InChI=1S/C25H25N7O2/c1-13-6-7-18-16(8-13)14(2)34-20-9-15(12-28-23(20)27)22-17(30-31(5)19(22)11-26)10-21-29-25(3,4)24(33)32(18)21/h6-9,12,14H,10H2,1-5H3,(H2,27,28)/t14-/m1/s1. The molecule has 2 bridgehead atoms. The van der Waals surface area contributed by atoms with E-state index in [4.69, 9.17) is 15.5 Å². The van der Waals surface area contributed by atoms with Crippen molar-refractivity contribution in [2.75, 3.05) is 10.6 Å². The van der Waals surface area contributed by atoms with E-state index in [-0.39, 0.29) is 18.1 Å². The maximum Gasteiger partial charge on any atom is 0.259 e. The summed E-state index contributed by atoms with van der Waals surface area (Å²) < 4.78 is 7.83. The number of aryl methyl sites for hydroxylation is 2. The van der Waals surface area contributed by atoms with E-state index in [1.165, 1.54) is 4.68 Å². The highest BCUT2D eigenvalue weighted by molar-refractivity contribution is 6.25. The van der Waals surface area contributed by atoms with Crippen LogP contribution in [0.3, 0.4) is 0 Å². The van der Waals surface area contributed by atoms with Crippen LogP contribution in [0.15, 0.2) is 35.5 Å². The zero-order valence-corrected chi connectivity index (χ0v) is 19.7. The smallest absolute Gasteiger partial charge is 0.259 e. The normalized spacial score (nSPS) is 18.5. The molecule has 3 aromatic rings. The number of carbonyl (C=O) groups excluding carboxylic acids is 1. The molecule has 1 amide bonds. The van der Waals surface area contributed by atoms with Gasteiger partial charge in [-0.2, -0.15) is 10.4 Å². The molecule has 0 fully saturated rings. The molecule has 2 aliphatic rings. The minimum absolute atomic E-state index is 0.130. The number of nitrogen functional groups attached to an aromatic ring is 1. The predicted molar refractivity (Wildman–Crippen MR) is 128 cm³/mol. The van der Waals surface area contributed by atoms with E-state index in [9.17, 15) is 10.1 Å². The van der Waals surface area contributed by atoms with Crippen molar-refractivity contribution in [1.82, 2.24) is 14.8 Å². The lowest BCUT2D eigenvalue weighted by atomic mass is 9.99. The maximum absolute atomic E-state index is 13.6. The number of benzene rings is 1. The number of amidine groups is 1. The Morgan fingerprint density at radius 2 is 2.06 bits per heavy atom. The molecule has 34 heavy (non-hydrogen) atoms. The fraction of sp³-hybridized carbons (Fsp3) is 0.320. The molecule has 4 heterocycles. The number of aromatic nitrogens is 3. The first-order valence-corrected chi connectivity index (χ1v) is 11.0. The van der Waals surface area contributed by atoms with Gasteiger partial charge in [0.05, 0.1) is 17.8 Å². The predicted octanol–water partition coefficient (Wildman–Crippen LogP) is 3.46. The van der Waals surface area contributed by atoms with Crippen LogP contribution in [-0.4, -0.2) is 32.0 Å². The highest BCUT2D eigenvalue weighted by Gasteiger charge is 2.43. The van der Waals surface area contributed by atoms with Gasteiger partial charge in [0, 0.05) is 29.9 Å². The summed E-state index contributed by atoms with van der Waals surface area (Å²) >= 11 is 0. The summed E-state index contributed by atoms with van der Waals surface area (Å²) in [5.74, 6) is 1.08. The van der Waals surface area contributed by atoms with Crippen LogP contribution in [0.1, 0.15) is 49.4 Å². The molecule has 2 aromatic heterocycles. The van der Waals surface area contributed by atoms with E-state index in [0.717, 1.165) is 11.1 Å². The molecule has 0 saturated carbocycles. The molecule has 5 rings (SSSR count). The first-order valence-electron chi connectivity index (χ1n) is 11.0. The molecule has 9 nitrogen and oxygen atoms in total. The second kappa shape index (κ2) is 7.42. The monoisotopic (exact) mass is 455 g/mol. The molecule has 0 radical (unpaired) electrons. The van der Waals surface area contributed by atoms with Crippen LogP contribution in [-0.2, 0) is 18.3 Å². The first kappa shape index (κ1) is 21.6. The summed E-state index contributed by atoms with van der Waals surface area (Å²) in [6, 6.07) is 9.92. The largest absolute Gasteiger partial charge is 0.482 e. The van der Waals surface area contributed by atoms with Gasteiger partial charge in [-0.25, -0.2) is 4.98 Å². The Balaban J connectivity index is 1.82. The number of anilines is 2. The van der Waals surface area contributed by atoms with Gasteiger partial charge in [0.2, 0.25) is 0 Å². The highest BCUT2D eigenvalue weighted by Crippen LogP contribution is 2.40. The van der Waals surface area contributed by atoms with Crippen LogP contribution >= 0.6 is 0 Å². The Labute approximate surface area is 197 Å². The highest BCUT2D eigenvalue weighted by atomic mass is 16.5. The molecule has 0 spiro atoms. The van der Waals surface area contributed by atoms with Gasteiger partial charge in [-0.1, -0.05) is 17.7 Å². The van der Waals surface area contributed by atoms with E-state index in [0.29, 0.717) is 39.8 Å². The topological polar surface area (TPSA) is 122 Å². The fourth-order valence-corrected chi connectivity index (χ4v) is 4.61. The average molecular weight is 456 g/mol. The zero-order chi connectivity index (χ0) is 24.4. The number of carbonyl (C=O) groups is 1. The van der Waals surface area contributed by atoms with E-state index in [1.807, 2.05) is 32.0 Å². The average Bonchev–Trinajstić information content (AvgIpc) is 3.20. The van der Waals surface area contributed by atoms with E-state index in [1.54, 1.807) is 38.1 Å². The second-order valence-corrected chi connectivity index (χ2v) is 9.24. The number of hydrogen-bond acceptors (Lipinski definition) is 7. The van der Waals surface area contributed by atoms with E-state index >= 15 is 0 Å². The molecular weight excluding hydrogens is 430 g/mol. The van der Waals surface area contributed by atoms with Gasteiger partial charge in [0.1, 0.15) is 29.2 Å². The Morgan fingerprint density at radius 3 is 2.79 bits per heavy atom. The SMILES string of the molecule is Cc1ccc2c(c1)[C@@H](C)Oc1cc(cnc1N)-c1c(nn(C)c1C#N)CC1=NC(C)(C)C(=O)N12. The van der Waals surface area contributed by atoms with Crippen LogP contribution < -0.4 is 15.4 Å². The third kappa shape index (κ3) is 3.22. The molecule has 0 aliphatic carbocycles. The molecule has 172 valence electrons. The van der Waals surface area contributed by atoms with E-state index in [2.05, 4.69) is 16.2 Å². The third-order valence-corrected chi connectivity index (χ3v) is 6.28. The Kier molecular flexibility index (Phi) is 4.72. The first-order chi connectivity index (χ1) is 16.1. The van der Waals surface area contributed by atoms with Crippen molar-refractivity contribution < 1.29 is 9.53 Å². The number of rotatable bonds is 0. The maximum atomic E-state index is 13.6. The summed E-state index contributed by atoms with van der Waals surface area (Å²) in [5, 5.41) is 14.5. The van der Waals surface area contributed by atoms with Crippen LogP contribution in [0.25, 0.3) is 11.1 Å². The number of nitrogens with two attached hydrogens (primary N) is 1. The van der Waals surface area contributed by atoms with Crippen molar-refractivity contribution in [2.24, 2.45) is 12.0 Å². The molecule has 1 atom stereocenters. The molecule has 2 aliphatic heterocycles. The van der Waals surface area contributed by atoms with E-state index < -0.39 is 11.6 Å². The summed E-state index contributed by atoms with van der Waals surface area (Å²) in [5.41, 5.74) is 10.1. The Bertz CT molecular complexity index is 1430. The summed E-state index contributed by atoms with van der Waals surface area (Å²) in [4.78, 5) is 24.3. The number of aliphatic imine (C=N–C) groups is 1. The molecule has 2 N–H and O–H groups in total. The van der Waals surface area contributed by atoms with Crippen LogP contribution in [0, 0.1) is 18.3 Å². The van der Waals surface area contributed by atoms with Gasteiger partial charge in [-0.3, -0.25) is 19.4 Å². The third-order valence-electron chi connectivity index (χ3n) is 6.28. The van der Waals surface area contributed by atoms with Gasteiger partial charge >= 0.3 is 0 Å². The van der Waals surface area contributed by atoms with Crippen LogP contribution in [0.4, 0.5) is 11.5 Å². The lowest BCUT2D eigenvalue weighted by Gasteiger charge is -2.27. The number of nitriles is 1. The number of pyridine rings is 1. The molecule has 9 heteroatoms. The van der Waals surface area contributed by atoms with Gasteiger partial charge in [0.25, 0.3) is 5.91 Å². The number of ether oxygens (including phenoxy) is 1. The second-order valence-electron chi connectivity index (χ2n) is 9.24. The van der Waals surface area contributed by atoms with Gasteiger partial charge in [-0.05, 0) is 39.8 Å². The minimum Gasteiger partial charge on any atom is -0.482 e. The lowest BCUT2D eigenvalue weighted by molar-refractivity contribution is -0.120. The van der Waals surface area contributed by atoms with Gasteiger partial charge < -0.3 is 10.5 Å². The van der Waals surface area contributed by atoms with Crippen molar-refractivity contribution in [3.05, 3.63) is 53.0 Å². The van der Waals surface area contributed by atoms with Crippen molar-refractivity contribution >= 4 is 23.2 Å². The number of hydrogen-bond donors (Lipinski definition) is 1. The summed E-state index contributed by atoms with van der Waals surface area (Å²) in [6.45, 7) is 7.51. The molecular formula is C25H25N7O2. The fourth-order valence-electron chi connectivity index (χ4n) is 4.61. The molecule has 0 saturated heterocycles.